The lowest BCUT2D eigenvalue weighted by Crippen LogP contribution is -2.63. The Kier molecular flexibility index (Phi) is 3.32. The second-order valence-electron chi connectivity index (χ2n) is 7.51. The van der Waals surface area contributed by atoms with Crippen molar-refractivity contribution in [1.82, 2.24) is 0 Å². The standard InChI is InChI=1S/C15H12F10O/c16-11(17)7-4-8(10-6-2-1-5(3-6)9(7)10)12(11,18)26-15(24,25)13(19,20)14(21,22)23/h1-2,5-10H,3-4H2. The minimum absolute atomic E-state index is 0.299. The van der Waals surface area contributed by atoms with Crippen LogP contribution in [0.2, 0.25) is 0 Å². The van der Waals surface area contributed by atoms with Gasteiger partial charge in [0.05, 0.1) is 0 Å². The van der Waals surface area contributed by atoms with Crippen molar-refractivity contribution in [2.45, 2.75) is 42.8 Å². The van der Waals surface area contributed by atoms with Crippen LogP contribution in [0.4, 0.5) is 43.9 Å². The Morgan fingerprint density at radius 3 is 1.77 bits per heavy atom. The molecule has 0 heterocycles. The molecule has 7 atom stereocenters. The van der Waals surface area contributed by atoms with Gasteiger partial charge in [-0.25, -0.2) is 4.39 Å². The Labute approximate surface area is 140 Å². The molecule has 0 aromatic heterocycles. The monoisotopic (exact) mass is 398 g/mol. The van der Waals surface area contributed by atoms with E-state index < -0.39 is 66.0 Å². The van der Waals surface area contributed by atoms with Gasteiger partial charge >= 0.3 is 24.1 Å². The molecule has 3 saturated carbocycles. The van der Waals surface area contributed by atoms with Crippen molar-refractivity contribution in [2.24, 2.45) is 35.5 Å². The molecular formula is C15H12F10O. The highest BCUT2D eigenvalue weighted by Gasteiger charge is 2.85. The minimum atomic E-state index is -6.81. The van der Waals surface area contributed by atoms with Gasteiger partial charge in [-0.05, 0) is 36.5 Å². The summed E-state index contributed by atoms with van der Waals surface area (Å²) in [6.45, 7) is 0. The van der Waals surface area contributed by atoms with E-state index >= 15 is 0 Å². The molecule has 0 N–H and O–H groups in total. The zero-order valence-electron chi connectivity index (χ0n) is 12.7. The molecule has 0 amide bonds. The fourth-order valence-corrected chi connectivity index (χ4v) is 5.47. The smallest absolute Gasteiger partial charge is 0.271 e. The second kappa shape index (κ2) is 4.70. The van der Waals surface area contributed by atoms with Gasteiger partial charge in [-0.1, -0.05) is 12.2 Å². The summed E-state index contributed by atoms with van der Waals surface area (Å²) < 4.78 is 137. The van der Waals surface area contributed by atoms with Crippen LogP contribution < -0.4 is 0 Å². The van der Waals surface area contributed by atoms with Crippen molar-refractivity contribution in [3.63, 3.8) is 0 Å². The molecule has 148 valence electrons. The summed E-state index contributed by atoms with van der Waals surface area (Å²) in [6.07, 6.45) is -10.2. The Hall–Kier alpha value is -1.00. The lowest BCUT2D eigenvalue weighted by molar-refractivity contribution is -0.481. The maximum atomic E-state index is 15.0. The van der Waals surface area contributed by atoms with E-state index in [0.717, 1.165) is 0 Å². The Morgan fingerprint density at radius 2 is 1.27 bits per heavy atom. The van der Waals surface area contributed by atoms with E-state index in [1.807, 2.05) is 0 Å². The summed E-state index contributed by atoms with van der Waals surface area (Å²) in [7, 11) is 0. The third-order valence-corrected chi connectivity index (χ3v) is 6.42. The predicted molar refractivity (Wildman–Crippen MR) is 65.1 cm³/mol. The van der Waals surface area contributed by atoms with Gasteiger partial charge in [0.1, 0.15) is 0 Å². The van der Waals surface area contributed by atoms with Crippen LogP contribution in [0.1, 0.15) is 12.8 Å². The van der Waals surface area contributed by atoms with Gasteiger partial charge in [-0.3, -0.25) is 4.74 Å². The third-order valence-electron chi connectivity index (χ3n) is 6.42. The lowest BCUT2D eigenvalue weighted by atomic mass is 9.70. The largest absolute Gasteiger partial charge is 0.462 e. The molecule has 0 aromatic rings. The van der Waals surface area contributed by atoms with Crippen molar-refractivity contribution < 1.29 is 48.6 Å². The summed E-state index contributed by atoms with van der Waals surface area (Å²) in [5.74, 6) is -21.9. The Balaban J connectivity index is 1.69. The number of hydrogen-bond acceptors (Lipinski definition) is 1. The number of halogens is 10. The second-order valence-corrected chi connectivity index (χ2v) is 7.51. The molecular weight excluding hydrogens is 386 g/mol. The summed E-state index contributed by atoms with van der Waals surface area (Å²) in [4.78, 5) is 0. The molecule has 4 rings (SSSR count). The Morgan fingerprint density at radius 1 is 0.769 bits per heavy atom. The number of alkyl halides is 10. The zero-order chi connectivity index (χ0) is 19.5. The van der Waals surface area contributed by atoms with Gasteiger partial charge in [0.2, 0.25) is 0 Å². The average Bonchev–Trinajstić information content (AvgIpc) is 3.18. The molecule has 26 heavy (non-hydrogen) atoms. The maximum absolute atomic E-state index is 15.0. The SMILES string of the molecule is FC(F)(F)C(F)(F)C(F)(F)OC1(F)C2CC(C3C4C=CC(C4)C32)C1(F)F. The van der Waals surface area contributed by atoms with E-state index in [9.17, 15) is 43.9 Å². The van der Waals surface area contributed by atoms with Crippen molar-refractivity contribution in [3.05, 3.63) is 12.2 Å². The van der Waals surface area contributed by atoms with Gasteiger partial charge in [0.15, 0.2) is 0 Å². The van der Waals surface area contributed by atoms with Crippen LogP contribution in [0.25, 0.3) is 0 Å². The molecule has 4 aliphatic carbocycles. The van der Waals surface area contributed by atoms with Crippen LogP contribution in [-0.2, 0) is 4.74 Å². The van der Waals surface area contributed by atoms with E-state index in [4.69, 9.17) is 0 Å². The number of fused-ring (bicyclic) bond motifs is 9. The van der Waals surface area contributed by atoms with Crippen LogP contribution in [0.5, 0.6) is 0 Å². The normalized spacial score (nSPS) is 46.2. The fourth-order valence-electron chi connectivity index (χ4n) is 5.47. The predicted octanol–water partition coefficient (Wildman–Crippen LogP) is 5.18. The van der Waals surface area contributed by atoms with Gasteiger partial charge in [-0.2, -0.15) is 39.5 Å². The van der Waals surface area contributed by atoms with Crippen LogP contribution >= 0.6 is 0 Å². The fraction of sp³-hybridized carbons (Fsp3) is 0.867. The molecule has 3 fully saturated rings. The Bertz CT molecular complexity index is 655. The van der Waals surface area contributed by atoms with E-state index in [2.05, 4.69) is 4.74 Å². The van der Waals surface area contributed by atoms with Crippen LogP contribution in [0.3, 0.4) is 0 Å². The molecule has 0 aromatic carbocycles. The molecule has 4 bridgehead atoms. The molecule has 0 radical (unpaired) electrons. The lowest BCUT2D eigenvalue weighted by Gasteiger charge is -2.46. The number of hydrogen-bond donors (Lipinski definition) is 0. The number of ether oxygens (including phenoxy) is 1. The first-order valence-corrected chi connectivity index (χ1v) is 7.93. The summed E-state index contributed by atoms with van der Waals surface area (Å²) in [6, 6.07) is 0. The molecule has 4 aliphatic rings. The molecule has 1 nitrogen and oxygen atoms in total. The summed E-state index contributed by atoms with van der Waals surface area (Å²) >= 11 is 0. The topological polar surface area (TPSA) is 9.23 Å². The minimum Gasteiger partial charge on any atom is -0.271 e. The quantitative estimate of drug-likeness (QED) is 0.362. The summed E-state index contributed by atoms with van der Waals surface area (Å²) in [5.41, 5.74) is 0. The summed E-state index contributed by atoms with van der Waals surface area (Å²) in [5, 5.41) is 0. The number of rotatable bonds is 3. The average molecular weight is 398 g/mol. The van der Waals surface area contributed by atoms with Crippen LogP contribution in [0, 0.1) is 35.5 Å². The first kappa shape index (κ1) is 18.4. The molecule has 7 unspecified atom stereocenters. The molecule has 0 aliphatic heterocycles. The molecule has 0 saturated heterocycles. The van der Waals surface area contributed by atoms with Gasteiger partial charge < -0.3 is 0 Å². The van der Waals surface area contributed by atoms with Crippen molar-refractivity contribution >= 4 is 0 Å². The van der Waals surface area contributed by atoms with Gasteiger partial charge in [-0.15, -0.1) is 0 Å². The maximum Gasteiger partial charge on any atom is 0.462 e. The van der Waals surface area contributed by atoms with E-state index in [-0.39, 0.29) is 5.92 Å². The molecule has 0 spiro atoms. The van der Waals surface area contributed by atoms with E-state index in [1.54, 1.807) is 12.2 Å². The van der Waals surface area contributed by atoms with Gasteiger partial charge in [0, 0.05) is 11.8 Å². The van der Waals surface area contributed by atoms with Crippen LogP contribution in [0.15, 0.2) is 12.2 Å². The highest BCUT2D eigenvalue weighted by molar-refractivity contribution is 5.26. The molecule has 11 heteroatoms. The third kappa shape index (κ3) is 1.88. The first-order chi connectivity index (χ1) is 11.7. The van der Waals surface area contributed by atoms with Crippen molar-refractivity contribution in [3.8, 4) is 0 Å². The van der Waals surface area contributed by atoms with Crippen molar-refractivity contribution in [1.29, 1.82) is 0 Å². The zero-order valence-corrected chi connectivity index (χ0v) is 12.7. The van der Waals surface area contributed by atoms with Crippen LogP contribution in [-0.4, -0.2) is 30.0 Å². The van der Waals surface area contributed by atoms with Crippen molar-refractivity contribution in [2.75, 3.05) is 0 Å². The highest BCUT2D eigenvalue weighted by Crippen LogP contribution is 2.74. The first-order valence-electron chi connectivity index (χ1n) is 7.93. The van der Waals surface area contributed by atoms with Gasteiger partial charge in [0.25, 0.3) is 5.85 Å². The number of allylic oxidation sites excluding steroid dienone is 2. The highest BCUT2D eigenvalue weighted by atomic mass is 19.4. The van der Waals surface area contributed by atoms with E-state index in [1.165, 1.54) is 0 Å². The van der Waals surface area contributed by atoms with E-state index in [0.29, 0.717) is 6.42 Å².